The predicted octanol–water partition coefficient (Wildman–Crippen LogP) is 5.48. The van der Waals surface area contributed by atoms with Crippen LogP contribution in [0.15, 0.2) is 42.5 Å². The molecule has 0 saturated heterocycles. The minimum Gasteiger partial charge on any atom is -0.117 e. The van der Waals surface area contributed by atoms with Gasteiger partial charge >= 0.3 is 0 Å². The first kappa shape index (κ1) is 13.5. The van der Waals surface area contributed by atoms with Gasteiger partial charge in [0.05, 0.1) is 5.38 Å². The molecular weight excluding hydrogens is 263 g/mol. The number of alkyl halides is 1. The van der Waals surface area contributed by atoms with Crippen LogP contribution in [0.25, 0.3) is 0 Å². The second kappa shape index (κ2) is 5.77. The first-order chi connectivity index (χ1) is 8.56. The maximum atomic E-state index is 6.47. The number of hydrogen-bond donors (Lipinski definition) is 0. The summed E-state index contributed by atoms with van der Waals surface area (Å²) in [4.78, 5) is 0. The van der Waals surface area contributed by atoms with Crippen LogP contribution in [0.4, 0.5) is 0 Å². The highest BCUT2D eigenvalue weighted by Crippen LogP contribution is 2.31. The van der Waals surface area contributed by atoms with E-state index >= 15 is 0 Å². The van der Waals surface area contributed by atoms with Crippen LogP contribution in [0.5, 0.6) is 0 Å². The SMILES string of the molecule is Cc1cccc(CC(Cl)c2ccc(C)cc2Cl)c1. The zero-order valence-corrected chi connectivity index (χ0v) is 12.1. The molecule has 0 bridgehead atoms. The fraction of sp³-hybridized carbons (Fsp3) is 0.250. The van der Waals surface area contributed by atoms with Crippen molar-refractivity contribution in [3.8, 4) is 0 Å². The summed E-state index contributed by atoms with van der Waals surface area (Å²) in [5.74, 6) is 0. The van der Waals surface area contributed by atoms with Crippen molar-refractivity contribution in [2.24, 2.45) is 0 Å². The second-order valence-corrected chi connectivity index (χ2v) is 5.62. The van der Waals surface area contributed by atoms with Crippen LogP contribution in [-0.4, -0.2) is 0 Å². The Hall–Kier alpha value is -0.980. The van der Waals surface area contributed by atoms with Crippen molar-refractivity contribution < 1.29 is 0 Å². The van der Waals surface area contributed by atoms with Crippen LogP contribution in [0.2, 0.25) is 5.02 Å². The predicted molar refractivity (Wildman–Crippen MR) is 79.7 cm³/mol. The van der Waals surface area contributed by atoms with E-state index in [0.717, 1.165) is 22.6 Å². The number of aryl methyl sites for hydroxylation is 2. The molecule has 0 N–H and O–H groups in total. The third-order valence-corrected chi connectivity index (χ3v) is 3.71. The van der Waals surface area contributed by atoms with Gasteiger partial charge in [0.2, 0.25) is 0 Å². The van der Waals surface area contributed by atoms with Crippen LogP contribution < -0.4 is 0 Å². The molecule has 1 unspecified atom stereocenters. The van der Waals surface area contributed by atoms with Gasteiger partial charge in [-0.1, -0.05) is 53.6 Å². The average molecular weight is 279 g/mol. The highest BCUT2D eigenvalue weighted by Gasteiger charge is 2.12. The van der Waals surface area contributed by atoms with Gasteiger partial charge in [-0.05, 0) is 43.0 Å². The van der Waals surface area contributed by atoms with Crippen LogP contribution in [0.1, 0.15) is 27.6 Å². The van der Waals surface area contributed by atoms with E-state index in [1.165, 1.54) is 11.1 Å². The molecule has 0 saturated carbocycles. The second-order valence-electron chi connectivity index (χ2n) is 4.69. The molecule has 2 heteroatoms. The zero-order valence-electron chi connectivity index (χ0n) is 10.6. The zero-order chi connectivity index (χ0) is 13.1. The quantitative estimate of drug-likeness (QED) is 0.653. The van der Waals surface area contributed by atoms with E-state index < -0.39 is 0 Å². The smallest absolute Gasteiger partial charge is 0.0640 e. The maximum absolute atomic E-state index is 6.47. The molecule has 0 spiro atoms. The molecule has 1 atom stereocenters. The van der Waals surface area contributed by atoms with E-state index in [9.17, 15) is 0 Å². The third kappa shape index (κ3) is 3.28. The van der Waals surface area contributed by atoms with Gasteiger partial charge < -0.3 is 0 Å². The molecular formula is C16H16Cl2. The van der Waals surface area contributed by atoms with E-state index in [1.54, 1.807) is 0 Å². The minimum absolute atomic E-state index is 0.0834. The van der Waals surface area contributed by atoms with Crippen LogP contribution in [-0.2, 0) is 6.42 Å². The van der Waals surface area contributed by atoms with Gasteiger partial charge in [-0.3, -0.25) is 0 Å². The summed E-state index contributed by atoms with van der Waals surface area (Å²) in [6.07, 6.45) is 0.798. The Labute approximate surface area is 119 Å². The summed E-state index contributed by atoms with van der Waals surface area (Å²) in [5.41, 5.74) is 4.66. The monoisotopic (exact) mass is 278 g/mol. The van der Waals surface area contributed by atoms with Crippen molar-refractivity contribution in [3.63, 3.8) is 0 Å². The molecule has 0 aliphatic rings. The van der Waals surface area contributed by atoms with Crippen molar-refractivity contribution in [1.29, 1.82) is 0 Å². The van der Waals surface area contributed by atoms with E-state index in [-0.39, 0.29) is 5.38 Å². The molecule has 0 radical (unpaired) electrons. The van der Waals surface area contributed by atoms with Crippen molar-refractivity contribution >= 4 is 23.2 Å². The number of halogens is 2. The largest absolute Gasteiger partial charge is 0.117 e. The van der Waals surface area contributed by atoms with E-state index in [4.69, 9.17) is 23.2 Å². The molecule has 2 aromatic rings. The molecule has 2 rings (SSSR count). The maximum Gasteiger partial charge on any atom is 0.0640 e. The topological polar surface area (TPSA) is 0 Å². The summed E-state index contributed by atoms with van der Waals surface area (Å²) < 4.78 is 0. The average Bonchev–Trinajstić information content (AvgIpc) is 2.28. The Morgan fingerprint density at radius 2 is 1.72 bits per heavy atom. The van der Waals surface area contributed by atoms with Gasteiger partial charge in [-0.15, -0.1) is 11.6 Å². The van der Waals surface area contributed by atoms with Gasteiger partial charge in [-0.2, -0.15) is 0 Å². The molecule has 0 aromatic heterocycles. The molecule has 94 valence electrons. The van der Waals surface area contributed by atoms with Gasteiger partial charge in [0, 0.05) is 5.02 Å². The Bertz CT molecular complexity index is 547. The first-order valence-corrected chi connectivity index (χ1v) is 6.83. The summed E-state index contributed by atoms with van der Waals surface area (Å²) in [7, 11) is 0. The summed E-state index contributed by atoms with van der Waals surface area (Å²) in [6.45, 7) is 4.12. The Morgan fingerprint density at radius 3 is 2.39 bits per heavy atom. The molecule has 0 aliphatic carbocycles. The van der Waals surface area contributed by atoms with Crippen molar-refractivity contribution in [2.75, 3.05) is 0 Å². The van der Waals surface area contributed by atoms with Crippen LogP contribution in [0, 0.1) is 13.8 Å². The summed E-state index contributed by atoms with van der Waals surface area (Å²) in [6, 6.07) is 14.4. The summed E-state index contributed by atoms with van der Waals surface area (Å²) in [5, 5.41) is 0.669. The van der Waals surface area contributed by atoms with Crippen LogP contribution in [0.3, 0.4) is 0 Å². The van der Waals surface area contributed by atoms with E-state index in [0.29, 0.717) is 0 Å². The van der Waals surface area contributed by atoms with Gasteiger partial charge in [0.1, 0.15) is 0 Å². The fourth-order valence-electron chi connectivity index (χ4n) is 2.04. The first-order valence-electron chi connectivity index (χ1n) is 6.02. The van der Waals surface area contributed by atoms with Crippen LogP contribution >= 0.6 is 23.2 Å². The van der Waals surface area contributed by atoms with Crippen molar-refractivity contribution in [1.82, 2.24) is 0 Å². The number of benzene rings is 2. The molecule has 0 fully saturated rings. The lowest BCUT2D eigenvalue weighted by Gasteiger charge is -2.12. The third-order valence-electron chi connectivity index (χ3n) is 2.99. The van der Waals surface area contributed by atoms with Gasteiger partial charge in [-0.25, -0.2) is 0 Å². The lowest BCUT2D eigenvalue weighted by Crippen LogP contribution is -1.97. The standard InChI is InChI=1S/C16H16Cl2/c1-11-4-3-5-13(8-11)10-16(18)14-7-6-12(2)9-15(14)17/h3-9,16H,10H2,1-2H3. The highest BCUT2D eigenvalue weighted by atomic mass is 35.5. The molecule has 0 aliphatic heterocycles. The lowest BCUT2D eigenvalue weighted by atomic mass is 10.0. The Balaban J connectivity index is 2.19. The number of rotatable bonds is 3. The lowest BCUT2D eigenvalue weighted by molar-refractivity contribution is 0.917. The minimum atomic E-state index is -0.0834. The molecule has 0 heterocycles. The molecule has 0 nitrogen and oxygen atoms in total. The van der Waals surface area contributed by atoms with Gasteiger partial charge in [0.25, 0.3) is 0 Å². The van der Waals surface area contributed by atoms with Crippen molar-refractivity contribution in [2.45, 2.75) is 25.6 Å². The Kier molecular flexibility index (Phi) is 4.31. The Morgan fingerprint density at radius 1 is 1.00 bits per heavy atom. The molecule has 2 aromatic carbocycles. The van der Waals surface area contributed by atoms with E-state index in [1.807, 2.05) is 25.1 Å². The summed E-state index contributed by atoms with van der Waals surface area (Å²) >= 11 is 12.7. The molecule has 0 amide bonds. The van der Waals surface area contributed by atoms with E-state index in [2.05, 4.69) is 31.2 Å². The van der Waals surface area contributed by atoms with Crippen molar-refractivity contribution in [3.05, 3.63) is 69.7 Å². The molecule has 18 heavy (non-hydrogen) atoms. The normalized spacial score (nSPS) is 12.4. The van der Waals surface area contributed by atoms with Gasteiger partial charge in [0.15, 0.2) is 0 Å². The number of hydrogen-bond acceptors (Lipinski definition) is 0. The fourth-order valence-corrected chi connectivity index (χ4v) is 2.83. The highest BCUT2D eigenvalue weighted by molar-refractivity contribution is 6.32.